The highest BCUT2D eigenvalue weighted by molar-refractivity contribution is 5.66. The molecule has 2 aliphatic heterocycles. The summed E-state index contributed by atoms with van der Waals surface area (Å²) in [7, 11) is 0. The van der Waals surface area contributed by atoms with E-state index in [1.807, 2.05) is 9.97 Å². The van der Waals surface area contributed by atoms with Gasteiger partial charge in [0.05, 0.1) is 31.5 Å². The summed E-state index contributed by atoms with van der Waals surface area (Å²) in [5.41, 5.74) is -2.85. The molecule has 2 aliphatic rings. The number of aliphatic hydroxyl groups is 1. The molecule has 0 saturated carbocycles. The smallest absolute Gasteiger partial charge is 0.334 e. The zero-order valence-corrected chi connectivity index (χ0v) is 13.5. The lowest BCUT2D eigenvalue weighted by Crippen LogP contribution is -2.51. The van der Waals surface area contributed by atoms with Crippen molar-refractivity contribution in [3.05, 3.63) is 31.5 Å². The summed E-state index contributed by atoms with van der Waals surface area (Å²) < 4.78 is 16.1. The van der Waals surface area contributed by atoms with Crippen LogP contribution in [0.3, 0.4) is 0 Å². The first kappa shape index (κ1) is 17.6. The number of carbonyl (C=O) groups excluding carboxylic acids is 1. The van der Waals surface area contributed by atoms with Crippen molar-refractivity contribution in [1.82, 2.24) is 14.5 Å². The summed E-state index contributed by atoms with van der Waals surface area (Å²) >= 11 is 0. The van der Waals surface area contributed by atoms with Gasteiger partial charge >= 0.3 is 23.0 Å². The van der Waals surface area contributed by atoms with E-state index in [-0.39, 0.29) is 25.0 Å². The van der Waals surface area contributed by atoms with Crippen LogP contribution in [-0.4, -0.2) is 63.2 Å². The predicted molar refractivity (Wildman–Crippen MR) is 81.3 cm³/mol. The maximum Gasteiger partial charge on any atom is 0.334 e. The first-order valence-electron chi connectivity index (χ1n) is 7.88. The van der Waals surface area contributed by atoms with Crippen LogP contribution in [0.4, 0.5) is 0 Å². The molecule has 0 amide bonds. The molecule has 0 aliphatic carbocycles. The molecule has 2 fully saturated rings. The molecule has 25 heavy (non-hydrogen) atoms. The number of hydrogen-bond acceptors (Lipinski definition) is 8. The fourth-order valence-electron chi connectivity index (χ4n) is 2.79. The second-order valence-electron chi connectivity index (χ2n) is 6.15. The molecular formula is C14H19N3O8. The lowest BCUT2D eigenvalue weighted by atomic mass is 9.97. The van der Waals surface area contributed by atoms with Crippen molar-refractivity contribution in [2.45, 2.75) is 50.2 Å². The quantitative estimate of drug-likeness (QED) is 0.344. The van der Waals surface area contributed by atoms with E-state index in [1.165, 1.54) is 6.92 Å². The average Bonchev–Trinajstić information content (AvgIpc) is 3.38. The maximum atomic E-state index is 12.1. The fourth-order valence-corrected chi connectivity index (χ4v) is 2.79. The molecule has 1 aromatic rings. The summed E-state index contributed by atoms with van der Waals surface area (Å²) in [6.07, 6.45) is -2.32. The number of rotatable bonds is 8. The van der Waals surface area contributed by atoms with E-state index in [0.717, 1.165) is 4.57 Å². The van der Waals surface area contributed by atoms with Crippen molar-refractivity contribution in [1.29, 1.82) is 0 Å². The number of nitrogens with one attached hydrogen (secondary N) is 2. The molecule has 0 spiro atoms. The lowest BCUT2D eigenvalue weighted by Gasteiger charge is -2.29. The Balaban J connectivity index is 1.93. The number of carbonyl (C=O) groups is 1. The molecule has 0 radical (unpaired) electrons. The Morgan fingerprint density at radius 3 is 2.20 bits per heavy atom. The second-order valence-corrected chi connectivity index (χ2v) is 6.15. The van der Waals surface area contributed by atoms with Crippen molar-refractivity contribution < 1.29 is 24.1 Å². The van der Waals surface area contributed by atoms with Gasteiger partial charge in [-0.05, 0) is 6.42 Å². The fraction of sp³-hybridized carbons (Fsp3) is 0.714. The van der Waals surface area contributed by atoms with Gasteiger partial charge in [-0.15, -0.1) is 0 Å². The molecule has 3 N–H and O–H groups in total. The van der Waals surface area contributed by atoms with E-state index >= 15 is 0 Å². The molecular weight excluding hydrogens is 338 g/mol. The van der Waals surface area contributed by atoms with Gasteiger partial charge in [-0.2, -0.15) is 0 Å². The Kier molecular flexibility index (Phi) is 4.88. The number of nitrogens with zero attached hydrogens (tertiary/aromatic N) is 1. The zero-order valence-electron chi connectivity index (χ0n) is 13.5. The third kappa shape index (κ3) is 4.44. The van der Waals surface area contributed by atoms with E-state index in [2.05, 4.69) is 0 Å². The minimum absolute atomic E-state index is 0.151. The third-order valence-corrected chi connectivity index (χ3v) is 4.11. The maximum absolute atomic E-state index is 12.1. The van der Waals surface area contributed by atoms with Crippen LogP contribution in [-0.2, 0) is 19.0 Å². The van der Waals surface area contributed by atoms with Crippen molar-refractivity contribution in [3.63, 3.8) is 0 Å². The van der Waals surface area contributed by atoms with Gasteiger partial charge in [-0.3, -0.25) is 14.8 Å². The Labute approximate surface area is 140 Å². The third-order valence-electron chi connectivity index (χ3n) is 4.11. The monoisotopic (exact) mass is 357 g/mol. The first-order valence-corrected chi connectivity index (χ1v) is 7.88. The molecule has 5 atom stereocenters. The number of esters is 1. The minimum atomic E-state index is -1.36. The van der Waals surface area contributed by atoms with Gasteiger partial charge in [0.15, 0.2) is 0 Å². The number of aromatic amines is 2. The molecule has 3 rings (SSSR count). The normalized spacial score (nSPS) is 25.0. The van der Waals surface area contributed by atoms with Crippen molar-refractivity contribution in [2.75, 3.05) is 13.2 Å². The Morgan fingerprint density at radius 2 is 1.72 bits per heavy atom. The molecule has 2 saturated heterocycles. The molecule has 1 aromatic heterocycles. The van der Waals surface area contributed by atoms with Crippen LogP contribution in [0.1, 0.15) is 25.8 Å². The van der Waals surface area contributed by atoms with Crippen molar-refractivity contribution in [2.24, 2.45) is 0 Å². The molecule has 11 nitrogen and oxygen atoms in total. The van der Waals surface area contributed by atoms with Gasteiger partial charge in [0.1, 0.15) is 12.2 Å². The van der Waals surface area contributed by atoms with E-state index in [9.17, 15) is 24.3 Å². The van der Waals surface area contributed by atoms with Crippen LogP contribution in [0.15, 0.2) is 14.4 Å². The second kappa shape index (κ2) is 6.94. The van der Waals surface area contributed by atoms with E-state index < -0.39 is 41.3 Å². The lowest BCUT2D eigenvalue weighted by molar-refractivity contribution is -0.155. The number of hydrogen-bond donors (Lipinski definition) is 3. The van der Waals surface area contributed by atoms with Gasteiger partial charge in [0.25, 0.3) is 0 Å². The predicted octanol–water partition coefficient (Wildman–Crippen LogP) is -2.36. The number of epoxide rings is 2. The Morgan fingerprint density at radius 1 is 1.20 bits per heavy atom. The molecule has 3 heterocycles. The zero-order chi connectivity index (χ0) is 18.1. The summed E-state index contributed by atoms with van der Waals surface area (Å²) in [5, 5.41) is 10.7. The van der Waals surface area contributed by atoms with Crippen LogP contribution in [0.5, 0.6) is 0 Å². The molecule has 0 bridgehead atoms. The molecule has 5 unspecified atom stereocenters. The highest BCUT2D eigenvalue weighted by Gasteiger charge is 2.40. The van der Waals surface area contributed by atoms with Crippen LogP contribution >= 0.6 is 0 Å². The number of ether oxygens (including phenoxy) is 3. The Hall–Kier alpha value is -2.24. The van der Waals surface area contributed by atoms with E-state index in [1.54, 1.807) is 0 Å². The number of aromatic nitrogens is 3. The topological polar surface area (TPSA) is 159 Å². The highest BCUT2D eigenvalue weighted by atomic mass is 16.6. The number of H-pyrrole nitrogens is 2. The van der Waals surface area contributed by atoms with Gasteiger partial charge in [0, 0.05) is 13.3 Å². The summed E-state index contributed by atoms with van der Waals surface area (Å²) in [6.45, 7) is 2.12. The summed E-state index contributed by atoms with van der Waals surface area (Å²) in [5.74, 6) is -0.603. The number of aliphatic hydroxyl groups excluding tert-OH is 1. The molecule has 0 aromatic carbocycles. The largest absolute Gasteiger partial charge is 0.460 e. The van der Waals surface area contributed by atoms with Crippen molar-refractivity contribution >= 4 is 5.97 Å². The summed E-state index contributed by atoms with van der Waals surface area (Å²) in [4.78, 5) is 50.7. The van der Waals surface area contributed by atoms with Crippen LogP contribution in [0, 0.1) is 0 Å². The van der Waals surface area contributed by atoms with Crippen LogP contribution < -0.4 is 17.1 Å². The first-order chi connectivity index (χ1) is 11.8. The van der Waals surface area contributed by atoms with Crippen molar-refractivity contribution in [3.8, 4) is 0 Å². The SMILES string of the molecule is CC(=O)OC(CC1CO1)C(O)C(CC1CO1)n1c(=O)[nH]c(=O)[nH]c1=O. The summed E-state index contributed by atoms with van der Waals surface area (Å²) in [6, 6.07) is -1.04. The standard InChI is InChI=1S/C14H19N3O8/c1-6(18)25-10(3-8-5-24-8)11(19)9(2-7-4-23-7)17-13(21)15-12(20)16-14(17)22/h7-11,19H,2-5H2,1H3,(H2,15,16,20,21,22). The molecule has 11 heteroatoms. The van der Waals surface area contributed by atoms with Crippen LogP contribution in [0.2, 0.25) is 0 Å². The average molecular weight is 357 g/mol. The van der Waals surface area contributed by atoms with Crippen LogP contribution in [0.25, 0.3) is 0 Å². The Bertz CT molecular complexity index is 769. The molecule has 138 valence electrons. The van der Waals surface area contributed by atoms with E-state index in [4.69, 9.17) is 14.2 Å². The van der Waals surface area contributed by atoms with E-state index in [0.29, 0.717) is 13.2 Å². The highest BCUT2D eigenvalue weighted by Crippen LogP contribution is 2.29. The van der Waals surface area contributed by atoms with Gasteiger partial charge in [0.2, 0.25) is 0 Å². The van der Waals surface area contributed by atoms with Gasteiger partial charge in [-0.25, -0.2) is 19.0 Å². The van der Waals surface area contributed by atoms with Gasteiger partial charge in [-0.1, -0.05) is 0 Å². The van der Waals surface area contributed by atoms with Gasteiger partial charge < -0.3 is 19.3 Å². The minimum Gasteiger partial charge on any atom is -0.460 e.